The SMILES string of the molecule is Cn1nccc1CNC(CCC(C)(C)C)C(=O)O. The Morgan fingerprint density at radius 3 is 2.67 bits per heavy atom. The van der Waals surface area contributed by atoms with Crippen LogP contribution in [0, 0.1) is 5.41 Å². The number of hydrogen-bond acceptors (Lipinski definition) is 3. The third kappa shape index (κ3) is 4.87. The van der Waals surface area contributed by atoms with Crippen LogP contribution in [0.2, 0.25) is 0 Å². The van der Waals surface area contributed by atoms with E-state index >= 15 is 0 Å². The Hall–Kier alpha value is -1.36. The molecule has 5 nitrogen and oxygen atoms in total. The lowest BCUT2D eigenvalue weighted by Gasteiger charge is -2.21. The standard InChI is InChI=1S/C13H23N3O2/c1-13(2,3)7-5-11(12(17)18)14-9-10-6-8-15-16(10)4/h6,8,11,14H,5,7,9H2,1-4H3,(H,17,18). The Balaban J connectivity index is 2.49. The Morgan fingerprint density at radius 2 is 2.22 bits per heavy atom. The molecule has 1 unspecified atom stereocenters. The number of rotatable bonds is 6. The first-order valence-electron chi connectivity index (χ1n) is 6.23. The van der Waals surface area contributed by atoms with E-state index in [1.165, 1.54) is 0 Å². The van der Waals surface area contributed by atoms with Gasteiger partial charge in [0.2, 0.25) is 0 Å². The summed E-state index contributed by atoms with van der Waals surface area (Å²) in [6.45, 7) is 6.88. The maximum atomic E-state index is 11.2. The lowest BCUT2D eigenvalue weighted by atomic mass is 9.88. The molecule has 0 radical (unpaired) electrons. The van der Waals surface area contributed by atoms with Crippen molar-refractivity contribution in [2.24, 2.45) is 12.5 Å². The number of carboxylic acids is 1. The average molecular weight is 253 g/mol. The number of carboxylic acid groups (broad SMARTS) is 1. The molecule has 1 atom stereocenters. The molecular weight excluding hydrogens is 230 g/mol. The molecule has 0 spiro atoms. The fourth-order valence-electron chi connectivity index (χ4n) is 1.69. The van der Waals surface area contributed by atoms with Crippen molar-refractivity contribution in [3.05, 3.63) is 18.0 Å². The molecule has 0 aliphatic heterocycles. The Morgan fingerprint density at radius 1 is 1.56 bits per heavy atom. The monoisotopic (exact) mass is 253 g/mol. The van der Waals surface area contributed by atoms with Crippen LogP contribution in [0.1, 0.15) is 39.3 Å². The molecule has 0 aliphatic rings. The number of nitrogens with one attached hydrogen (secondary N) is 1. The molecule has 0 aromatic carbocycles. The Bertz CT molecular complexity index is 393. The van der Waals surface area contributed by atoms with E-state index in [0.717, 1.165) is 12.1 Å². The van der Waals surface area contributed by atoms with Crippen molar-refractivity contribution >= 4 is 5.97 Å². The first-order valence-corrected chi connectivity index (χ1v) is 6.23. The van der Waals surface area contributed by atoms with E-state index in [9.17, 15) is 9.90 Å². The number of nitrogens with zero attached hydrogens (tertiary/aromatic N) is 2. The molecule has 2 N–H and O–H groups in total. The highest BCUT2D eigenvalue weighted by atomic mass is 16.4. The van der Waals surface area contributed by atoms with Crippen molar-refractivity contribution in [3.8, 4) is 0 Å². The normalized spacial score (nSPS) is 13.6. The van der Waals surface area contributed by atoms with Crippen LogP contribution >= 0.6 is 0 Å². The zero-order valence-corrected chi connectivity index (χ0v) is 11.6. The van der Waals surface area contributed by atoms with Crippen LogP contribution in [0.25, 0.3) is 0 Å². The molecule has 0 saturated carbocycles. The summed E-state index contributed by atoms with van der Waals surface area (Å²) in [5.41, 5.74) is 1.14. The summed E-state index contributed by atoms with van der Waals surface area (Å²) in [5, 5.41) is 16.3. The van der Waals surface area contributed by atoms with Crippen LogP contribution in [-0.4, -0.2) is 26.9 Å². The van der Waals surface area contributed by atoms with Crippen LogP contribution in [0.15, 0.2) is 12.3 Å². The van der Waals surface area contributed by atoms with Gasteiger partial charge in [-0.2, -0.15) is 5.10 Å². The molecule has 1 aromatic heterocycles. The summed E-state index contributed by atoms with van der Waals surface area (Å²) in [7, 11) is 1.85. The van der Waals surface area contributed by atoms with Gasteiger partial charge < -0.3 is 5.11 Å². The Kier molecular flexibility index (Phi) is 4.90. The highest BCUT2D eigenvalue weighted by Crippen LogP contribution is 2.21. The topological polar surface area (TPSA) is 67.2 Å². The molecule has 102 valence electrons. The van der Waals surface area contributed by atoms with Crippen LogP contribution in [0.3, 0.4) is 0 Å². The number of carbonyl (C=O) groups is 1. The Labute approximate surface area is 108 Å². The molecular formula is C13H23N3O2. The van der Waals surface area contributed by atoms with Crippen LogP contribution in [0.5, 0.6) is 0 Å². The first-order chi connectivity index (χ1) is 8.29. The summed E-state index contributed by atoms with van der Waals surface area (Å²) in [6.07, 6.45) is 3.22. The van der Waals surface area contributed by atoms with E-state index in [1.807, 2.05) is 13.1 Å². The van der Waals surface area contributed by atoms with Crippen molar-refractivity contribution in [1.29, 1.82) is 0 Å². The predicted molar refractivity (Wildman–Crippen MR) is 70.2 cm³/mol. The van der Waals surface area contributed by atoms with E-state index in [-0.39, 0.29) is 5.41 Å². The van der Waals surface area contributed by atoms with Crippen LogP contribution in [0.4, 0.5) is 0 Å². The average Bonchev–Trinajstić information content (AvgIpc) is 2.62. The number of aliphatic carboxylic acids is 1. The molecule has 1 heterocycles. The van der Waals surface area contributed by atoms with Gasteiger partial charge in [0.15, 0.2) is 0 Å². The maximum absolute atomic E-state index is 11.2. The fraction of sp³-hybridized carbons (Fsp3) is 0.692. The number of aryl methyl sites for hydroxylation is 1. The highest BCUT2D eigenvalue weighted by molar-refractivity contribution is 5.73. The minimum absolute atomic E-state index is 0.155. The summed E-state index contributed by atoms with van der Waals surface area (Å²) in [4.78, 5) is 11.2. The van der Waals surface area contributed by atoms with E-state index in [4.69, 9.17) is 0 Å². The van der Waals surface area contributed by atoms with E-state index in [2.05, 4.69) is 31.2 Å². The van der Waals surface area contributed by atoms with Gasteiger partial charge in [-0.1, -0.05) is 20.8 Å². The second-order valence-corrected chi connectivity index (χ2v) is 5.82. The van der Waals surface area contributed by atoms with Gasteiger partial charge in [-0.25, -0.2) is 0 Å². The van der Waals surface area contributed by atoms with Gasteiger partial charge in [-0.05, 0) is 24.3 Å². The van der Waals surface area contributed by atoms with Gasteiger partial charge in [0.1, 0.15) is 6.04 Å². The smallest absolute Gasteiger partial charge is 0.320 e. The van der Waals surface area contributed by atoms with Gasteiger partial charge in [-0.3, -0.25) is 14.8 Å². The third-order valence-corrected chi connectivity index (χ3v) is 2.93. The lowest BCUT2D eigenvalue weighted by molar-refractivity contribution is -0.139. The molecule has 1 aromatic rings. The van der Waals surface area contributed by atoms with Crippen molar-refractivity contribution in [3.63, 3.8) is 0 Å². The van der Waals surface area contributed by atoms with Gasteiger partial charge >= 0.3 is 5.97 Å². The van der Waals surface area contributed by atoms with Crippen molar-refractivity contribution in [2.75, 3.05) is 0 Å². The maximum Gasteiger partial charge on any atom is 0.320 e. The molecule has 1 rings (SSSR count). The first kappa shape index (κ1) is 14.7. The zero-order chi connectivity index (χ0) is 13.8. The second kappa shape index (κ2) is 6.00. The molecule has 0 fully saturated rings. The van der Waals surface area contributed by atoms with Crippen molar-refractivity contribution in [2.45, 2.75) is 46.2 Å². The van der Waals surface area contributed by atoms with Crippen LogP contribution < -0.4 is 5.32 Å². The van der Waals surface area contributed by atoms with Gasteiger partial charge in [0.25, 0.3) is 0 Å². The van der Waals surface area contributed by atoms with E-state index < -0.39 is 12.0 Å². The van der Waals surface area contributed by atoms with Gasteiger partial charge in [0.05, 0.1) is 5.69 Å². The quantitative estimate of drug-likeness (QED) is 0.811. The zero-order valence-electron chi connectivity index (χ0n) is 11.6. The molecule has 5 heteroatoms. The predicted octanol–water partition coefficient (Wildman–Crippen LogP) is 1.79. The van der Waals surface area contributed by atoms with Gasteiger partial charge in [-0.15, -0.1) is 0 Å². The summed E-state index contributed by atoms with van der Waals surface area (Å²) in [6, 6.07) is 1.38. The largest absolute Gasteiger partial charge is 0.480 e. The minimum atomic E-state index is -0.790. The van der Waals surface area contributed by atoms with Gasteiger partial charge in [0, 0.05) is 19.8 Å². The van der Waals surface area contributed by atoms with E-state index in [0.29, 0.717) is 13.0 Å². The summed E-state index contributed by atoms with van der Waals surface area (Å²) in [5.74, 6) is -0.790. The van der Waals surface area contributed by atoms with Crippen LogP contribution in [-0.2, 0) is 18.4 Å². The molecule has 0 amide bonds. The lowest BCUT2D eigenvalue weighted by Crippen LogP contribution is -2.37. The summed E-state index contributed by atoms with van der Waals surface area (Å²) >= 11 is 0. The fourth-order valence-corrected chi connectivity index (χ4v) is 1.69. The molecule has 18 heavy (non-hydrogen) atoms. The van der Waals surface area contributed by atoms with E-state index in [1.54, 1.807) is 10.9 Å². The molecule has 0 aliphatic carbocycles. The summed E-state index contributed by atoms with van der Waals surface area (Å²) < 4.78 is 1.75. The second-order valence-electron chi connectivity index (χ2n) is 5.82. The molecule has 0 saturated heterocycles. The minimum Gasteiger partial charge on any atom is -0.480 e. The highest BCUT2D eigenvalue weighted by Gasteiger charge is 2.20. The number of hydrogen-bond donors (Lipinski definition) is 2. The third-order valence-electron chi connectivity index (χ3n) is 2.93. The van der Waals surface area contributed by atoms with Crippen molar-refractivity contribution in [1.82, 2.24) is 15.1 Å². The molecule has 0 bridgehead atoms. The number of aromatic nitrogens is 2. The van der Waals surface area contributed by atoms with Crippen molar-refractivity contribution < 1.29 is 9.90 Å².